The van der Waals surface area contributed by atoms with Crippen molar-refractivity contribution in [1.82, 2.24) is 19.9 Å². The van der Waals surface area contributed by atoms with E-state index in [4.69, 9.17) is 5.10 Å². The summed E-state index contributed by atoms with van der Waals surface area (Å²) in [6.07, 6.45) is 4.96. The number of carbonyl (C=O) groups is 1. The quantitative estimate of drug-likeness (QED) is 0.812. The van der Waals surface area contributed by atoms with E-state index < -0.39 is 0 Å². The molecule has 0 aliphatic rings. The number of hydrogen-bond acceptors (Lipinski definition) is 3. The molecule has 0 aliphatic carbocycles. The second-order valence-corrected chi connectivity index (χ2v) is 7.72. The van der Waals surface area contributed by atoms with Crippen molar-refractivity contribution < 1.29 is 4.79 Å². The lowest BCUT2D eigenvalue weighted by Gasteiger charge is -2.15. The van der Waals surface area contributed by atoms with Gasteiger partial charge in [0, 0.05) is 24.2 Å². The van der Waals surface area contributed by atoms with Crippen LogP contribution in [-0.2, 0) is 5.41 Å². The molecule has 0 aromatic carbocycles. The van der Waals surface area contributed by atoms with E-state index in [1.165, 1.54) is 0 Å². The Morgan fingerprint density at radius 3 is 2.58 bits per heavy atom. The third kappa shape index (κ3) is 3.94. The molecule has 0 fully saturated rings. The number of hydrogen-bond donors (Lipinski definition) is 1. The molecule has 1 amide bonds. The first-order chi connectivity index (χ1) is 11.3. The number of amides is 1. The predicted molar refractivity (Wildman–Crippen MR) is 97.6 cm³/mol. The van der Waals surface area contributed by atoms with Crippen LogP contribution in [-0.4, -0.2) is 27.0 Å². The van der Waals surface area contributed by atoms with Gasteiger partial charge in [-0.05, 0) is 12.3 Å². The molecule has 0 bridgehead atoms. The molecule has 2 rings (SSSR count). The van der Waals surface area contributed by atoms with Crippen molar-refractivity contribution in [1.29, 1.82) is 0 Å². The Kier molecular flexibility index (Phi) is 5.62. The molecule has 5 nitrogen and oxygen atoms in total. The number of aromatic nitrogens is 3. The van der Waals surface area contributed by atoms with Gasteiger partial charge < -0.3 is 5.32 Å². The highest BCUT2D eigenvalue weighted by Gasteiger charge is 2.23. The maximum atomic E-state index is 12.6. The average molecular weight is 330 g/mol. The van der Waals surface area contributed by atoms with Crippen LogP contribution in [0.1, 0.15) is 88.5 Å². The van der Waals surface area contributed by atoms with E-state index in [0.29, 0.717) is 12.1 Å². The topological polar surface area (TPSA) is 59.3 Å². The lowest BCUT2D eigenvalue weighted by Crippen LogP contribution is -2.27. The maximum absolute atomic E-state index is 12.6. The van der Waals surface area contributed by atoms with Gasteiger partial charge in [0.05, 0.1) is 17.0 Å². The van der Waals surface area contributed by atoms with Gasteiger partial charge in [0.15, 0.2) is 5.65 Å². The molecule has 2 aromatic rings. The van der Waals surface area contributed by atoms with Crippen molar-refractivity contribution >= 4 is 11.6 Å². The Hall–Kier alpha value is -1.91. The summed E-state index contributed by atoms with van der Waals surface area (Å²) >= 11 is 0. The largest absolute Gasteiger partial charge is 0.352 e. The highest BCUT2D eigenvalue weighted by atomic mass is 16.1. The van der Waals surface area contributed by atoms with E-state index in [1.807, 2.05) is 10.6 Å². The summed E-state index contributed by atoms with van der Waals surface area (Å²) < 4.78 is 1.84. The highest BCUT2D eigenvalue weighted by Crippen LogP contribution is 2.25. The molecule has 0 saturated heterocycles. The molecule has 2 aromatic heterocycles. The normalized spacial score (nSPS) is 12.1. The Morgan fingerprint density at radius 1 is 1.29 bits per heavy atom. The number of nitrogens with one attached hydrogen (secondary N) is 1. The van der Waals surface area contributed by atoms with Gasteiger partial charge in [0.2, 0.25) is 0 Å². The third-order valence-electron chi connectivity index (χ3n) is 4.15. The van der Waals surface area contributed by atoms with Crippen molar-refractivity contribution in [2.75, 3.05) is 6.54 Å². The van der Waals surface area contributed by atoms with Gasteiger partial charge in [0.1, 0.15) is 0 Å². The van der Waals surface area contributed by atoms with Gasteiger partial charge in [0.25, 0.3) is 5.91 Å². The molecule has 0 saturated carbocycles. The Balaban J connectivity index is 2.40. The number of carbonyl (C=O) groups excluding carboxylic acids is 1. The second-order valence-electron chi connectivity index (χ2n) is 7.72. The minimum absolute atomic E-state index is 0.0511. The summed E-state index contributed by atoms with van der Waals surface area (Å²) in [4.78, 5) is 17.1. The first-order valence-electron chi connectivity index (χ1n) is 8.93. The van der Waals surface area contributed by atoms with Crippen LogP contribution in [0.15, 0.2) is 12.3 Å². The van der Waals surface area contributed by atoms with Crippen molar-refractivity contribution in [2.45, 2.75) is 72.1 Å². The van der Waals surface area contributed by atoms with Crippen molar-refractivity contribution in [3.63, 3.8) is 0 Å². The first kappa shape index (κ1) is 18.4. The smallest absolute Gasteiger partial charge is 0.254 e. The van der Waals surface area contributed by atoms with Crippen molar-refractivity contribution in [3.8, 4) is 0 Å². The first-order valence-corrected chi connectivity index (χ1v) is 8.93. The Morgan fingerprint density at radius 2 is 2.00 bits per heavy atom. The van der Waals surface area contributed by atoms with E-state index in [-0.39, 0.29) is 17.2 Å². The number of fused-ring (bicyclic) bond motifs is 1. The van der Waals surface area contributed by atoms with E-state index in [2.05, 4.69) is 51.8 Å². The molecule has 0 unspecified atom stereocenters. The summed E-state index contributed by atoms with van der Waals surface area (Å²) in [5.74, 6) is 0.122. The Labute approximate surface area is 144 Å². The molecule has 24 heavy (non-hydrogen) atoms. The molecule has 0 atom stereocenters. The van der Waals surface area contributed by atoms with Gasteiger partial charge in [-0.1, -0.05) is 54.4 Å². The minimum Gasteiger partial charge on any atom is -0.352 e. The Bertz CT molecular complexity index is 710. The molecule has 0 radical (unpaired) electrons. The third-order valence-corrected chi connectivity index (χ3v) is 4.15. The fourth-order valence-corrected chi connectivity index (χ4v) is 2.72. The van der Waals surface area contributed by atoms with Crippen molar-refractivity contribution in [2.24, 2.45) is 0 Å². The summed E-state index contributed by atoms with van der Waals surface area (Å²) in [6, 6.07) is 2.01. The summed E-state index contributed by atoms with van der Waals surface area (Å²) in [5, 5.41) is 7.74. The van der Waals surface area contributed by atoms with Crippen LogP contribution in [0.2, 0.25) is 0 Å². The van der Waals surface area contributed by atoms with Crippen LogP contribution in [0, 0.1) is 0 Å². The predicted octanol–water partition coefficient (Wildman–Crippen LogP) is 4.07. The van der Waals surface area contributed by atoms with Crippen LogP contribution in [0.25, 0.3) is 5.65 Å². The monoisotopic (exact) mass is 330 g/mol. The molecule has 1 N–H and O–H groups in total. The summed E-state index contributed by atoms with van der Waals surface area (Å²) in [7, 11) is 0. The molecular weight excluding hydrogens is 300 g/mol. The minimum atomic E-state index is -0.0583. The van der Waals surface area contributed by atoms with Gasteiger partial charge >= 0.3 is 0 Å². The zero-order chi connectivity index (χ0) is 17.9. The maximum Gasteiger partial charge on any atom is 0.254 e. The lowest BCUT2D eigenvalue weighted by molar-refractivity contribution is 0.0950. The molecule has 0 aliphatic heterocycles. The molecular formula is C19H30N4O. The van der Waals surface area contributed by atoms with E-state index in [1.54, 1.807) is 6.20 Å². The van der Waals surface area contributed by atoms with Crippen LogP contribution in [0.3, 0.4) is 0 Å². The summed E-state index contributed by atoms with van der Waals surface area (Å²) in [6.45, 7) is 13.4. The molecule has 132 valence electrons. The van der Waals surface area contributed by atoms with Crippen LogP contribution in [0.5, 0.6) is 0 Å². The number of nitrogens with zero attached hydrogens (tertiary/aromatic N) is 3. The standard InChI is InChI=1S/C19H30N4O/c1-7-8-9-10-20-18(24)14-12-21-16-11-15(19(4,5)6)22-23(16)17(14)13(2)3/h11-13H,7-10H2,1-6H3,(H,20,24). The van der Waals surface area contributed by atoms with Gasteiger partial charge in [-0.3, -0.25) is 4.79 Å². The lowest BCUT2D eigenvalue weighted by atomic mass is 9.93. The fraction of sp³-hybridized carbons (Fsp3) is 0.632. The highest BCUT2D eigenvalue weighted by molar-refractivity contribution is 5.95. The molecule has 2 heterocycles. The van der Waals surface area contributed by atoms with Gasteiger partial charge in [-0.15, -0.1) is 0 Å². The summed E-state index contributed by atoms with van der Waals surface area (Å²) in [5.41, 5.74) is 3.27. The van der Waals surface area contributed by atoms with E-state index >= 15 is 0 Å². The second kappa shape index (κ2) is 7.32. The van der Waals surface area contributed by atoms with Crippen LogP contribution >= 0.6 is 0 Å². The molecule has 5 heteroatoms. The van der Waals surface area contributed by atoms with Crippen molar-refractivity contribution in [3.05, 3.63) is 29.2 Å². The SMILES string of the molecule is CCCCCNC(=O)c1cnc2cc(C(C)(C)C)nn2c1C(C)C. The van der Waals surface area contributed by atoms with Crippen LogP contribution in [0.4, 0.5) is 0 Å². The van der Waals surface area contributed by atoms with E-state index in [9.17, 15) is 4.79 Å². The average Bonchev–Trinajstić information content (AvgIpc) is 2.94. The molecule has 0 spiro atoms. The zero-order valence-electron chi connectivity index (χ0n) is 15.8. The zero-order valence-corrected chi connectivity index (χ0v) is 15.8. The number of unbranched alkanes of at least 4 members (excludes halogenated alkanes) is 2. The van der Waals surface area contributed by atoms with Crippen LogP contribution < -0.4 is 5.32 Å². The fourth-order valence-electron chi connectivity index (χ4n) is 2.72. The van der Waals surface area contributed by atoms with Gasteiger partial charge in [-0.25, -0.2) is 9.50 Å². The van der Waals surface area contributed by atoms with Gasteiger partial charge in [-0.2, -0.15) is 5.10 Å². The van der Waals surface area contributed by atoms with E-state index in [0.717, 1.165) is 36.3 Å². The number of rotatable bonds is 6.